The van der Waals surface area contributed by atoms with Crippen LogP contribution in [0.4, 0.5) is 0 Å². The molecule has 3 nitrogen and oxygen atoms in total. The predicted octanol–water partition coefficient (Wildman–Crippen LogP) is 6.05. The first kappa shape index (κ1) is 30.0. The van der Waals surface area contributed by atoms with Crippen LogP contribution in [0.25, 0.3) is 0 Å². The van der Waals surface area contributed by atoms with Gasteiger partial charge in [0.05, 0.1) is 11.6 Å². The summed E-state index contributed by atoms with van der Waals surface area (Å²) in [6.07, 6.45) is 3.75. The van der Waals surface area contributed by atoms with E-state index in [1.807, 2.05) is 41.2 Å². The molecule has 2 aromatic rings. The van der Waals surface area contributed by atoms with Crippen LogP contribution in [-0.4, -0.2) is 9.78 Å². The molecule has 0 saturated carbocycles. The van der Waals surface area contributed by atoms with Crippen molar-refractivity contribution in [3.8, 4) is 6.07 Å². The second-order valence-corrected chi connectivity index (χ2v) is 4.97. The smallest absolute Gasteiger partial charge is 0.0991 e. The maximum Gasteiger partial charge on any atom is 0.0991 e. The zero-order chi connectivity index (χ0) is 14.3. The number of hydrogen-bond acceptors (Lipinski definition) is 2. The third-order valence-corrected chi connectivity index (χ3v) is 2.74. The summed E-state index contributed by atoms with van der Waals surface area (Å²) in [7, 11) is 0. The van der Waals surface area contributed by atoms with Crippen LogP contribution in [0, 0.1) is 11.3 Å². The van der Waals surface area contributed by atoms with E-state index in [1.54, 1.807) is 6.20 Å². The zero-order valence-electron chi connectivity index (χ0n) is 12.6. The Bertz CT molecular complexity index is 526. The fourth-order valence-corrected chi connectivity index (χ4v) is 1.55. The summed E-state index contributed by atoms with van der Waals surface area (Å²) in [4.78, 5) is 0. The first-order valence-corrected chi connectivity index (χ1v) is 6.53. The molecule has 1 aromatic carbocycles. The van der Waals surface area contributed by atoms with Crippen molar-refractivity contribution < 1.29 is 32.7 Å². The Balaban J connectivity index is -0.000000138. The Morgan fingerprint density at radius 3 is 2.00 bits per heavy atom. The fraction of sp³-hybridized carbons (Fsp3) is 0.474. The van der Waals surface area contributed by atoms with Gasteiger partial charge in [0.15, 0.2) is 0 Å². The van der Waals surface area contributed by atoms with Gasteiger partial charge < -0.3 is 0 Å². The van der Waals surface area contributed by atoms with Gasteiger partial charge in [-0.25, -0.2) is 0 Å². The van der Waals surface area contributed by atoms with Crippen molar-refractivity contribution >= 4 is 0 Å². The Morgan fingerprint density at radius 1 is 1.04 bits per heavy atom. The molecule has 0 bridgehead atoms. The van der Waals surface area contributed by atoms with Crippen molar-refractivity contribution in [2.24, 2.45) is 0 Å². The molecule has 0 atom stereocenters. The molecule has 0 spiro atoms. The molecule has 23 heavy (non-hydrogen) atoms. The van der Waals surface area contributed by atoms with Crippen LogP contribution in [0.2, 0.25) is 0 Å². The first-order valence-electron chi connectivity index (χ1n) is 6.53. The molecule has 0 N–H and O–H groups in total. The van der Waals surface area contributed by atoms with Gasteiger partial charge in [-0.05, 0) is 43.5 Å². The molecule has 0 aliphatic rings. The summed E-state index contributed by atoms with van der Waals surface area (Å²) in [5.41, 5.74) is 1.97. The number of hydrogen-bond donors (Lipinski definition) is 0. The summed E-state index contributed by atoms with van der Waals surface area (Å²) >= 11 is 0. The van der Waals surface area contributed by atoms with Crippen LogP contribution in [0.1, 0.15) is 73.1 Å². The van der Waals surface area contributed by atoms with Crippen LogP contribution in [0.3, 0.4) is 0 Å². The summed E-state index contributed by atoms with van der Waals surface area (Å²) < 4.78 is 1.92. The van der Waals surface area contributed by atoms with Gasteiger partial charge in [-0.2, -0.15) is 10.4 Å². The maximum atomic E-state index is 8.59. The first-order chi connectivity index (χ1) is 9.04. The predicted molar refractivity (Wildman–Crippen MR) is 98.1 cm³/mol. The van der Waals surface area contributed by atoms with E-state index in [-0.39, 0.29) is 55.0 Å². The molecule has 0 aliphatic carbocycles. The Morgan fingerprint density at radius 2 is 1.65 bits per heavy atom. The zero-order valence-corrected chi connectivity index (χ0v) is 15.5. The van der Waals surface area contributed by atoms with Crippen molar-refractivity contribution in [1.82, 2.24) is 9.78 Å². The van der Waals surface area contributed by atoms with Crippen LogP contribution in [-0.2, 0) is 32.7 Å². The standard InChI is InChI=1S/C10H11N.C6H10N2.3CH4.Y/c1-8(2)10-5-3-4-9(6-10)7-11;1-6(2)8-5-3-4-7-8;;;;/h3-6,8H,1-2H3;3-6H,1-2H3;3*1H4;. The molecule has 0 fully saturated rings. The van der Waals surface area contributed by atoms with Crippen molar-refractivity contribution in [3.05, 3.63) is 53.9 Å². The van der Waals surface area contributed by atoms with Crippen LogP contribution < -0.4 is 0 Å². The topological polar surface area (TPSA) is 41.6 Å². The van der Waals surface area contributed by atoms with E-state index in [1.165, 1.54) is 5.56 Å². The fourth-order valence-electron chi connectivity index (χ4n) is 1.55. The van der Waals surface area contributed by atoms with Crippen LogP contribution in [0.5, 0.6) is 0 Å². The minimum absolute atomic E-state index is 0. The van der Waals surface area contributed by atoms with Crippen molar-refractivity contribution in [3.63, 3.8) is 0 Å². The van der Waals surface area contributed by atoms with E-state index >= 15 is 0 Å². The van der Waals surface area contributed by atoms with E-state index in [9.17, 15) is 0 Å². The minimum Gasteiger partial charge on any atom is -0.270 e. The molecule has 2 rings (SSSR count). The summed E-state index contributed by atoms with van der Waals surface area (Å²) in [5.74, 6) is 0.503. The Hall–Kier alpha value is -0.976. The van der Waals surface area contributed by atoms with Gasteiger partial charge in [0.1, 0.15) is 0 Å². The van der Waals surface area contributed by atoms with Gasteiger partial charge in [0.2, 0.25) is 0 Å². The molecule has 1 heterocycles. The summed E-state index contributed by atoms with van der Waals surface area (Å²) in [6.45, 7) is 8.45. The molecular weight excluding hydrogens is 359 g/mol. The average Bonchev–Trinajstić information content (AvgIpc) is 2.93. The number of nitrogens with zero attached hydrogens (tertiary/aromatic N) is 3. The number of aromatic nitrogens is 2. The van der Waals surface area contributed by atoms with Crippen molar-refractivity contribution in [1.29, 1.82) is 5.26 Å². The Labute approximate surface area is 169 Å². The van der Waals surface area contributed by atoms with Gasteiger partial charge in [-0.3, -0.25) is 4.68 Å². The van der Waals surface area contributed by atoms with E-state index in [0.717, 1.165) is 5.56 Å². The largest absolute Gasteiger partial charge is 0.270 e. The summed E-state index contributed by atoms with van der Waals surface area (Å²) in [5, 5.41) is 12.6. The van der Waals surface area contributed by atoms with Crippen LogP contribution in [0.15, 0.2) is 42.7 Å². The molecule has 0 unspecified atom stereocenters. The second kappa shape index (κ2) is 15.9. The molecule has 4 heteroatoms. The van der Waals surface area contributed by atoms with Gasteiger partial charge in [-0.1, -0.05) is 48.3 Å². The second-order valence-electron chi connectivity index (χ2n) is 4.97. The average molecular weight is 392 g/mol. The number of nitriles is 1. The van der Waals surface area contributed by atoms with Gasteiger partial charge in [0, 0.05) is 51.1 Å². The summed E-state index contributed by atoms with van der Waals surface area (Å²) in [6, 6.07) is 12.3. The van der Waals surface area contributed by atoms with E-state index in [2.05, 4.69) is 38.9 Å². The third-order valence-electron chi connectivity index (χ3n) is 2.74. The van der Waals surface area contributed by atoms with Crippen molar-refractivity contribution in [2.45, 2.75) is 61.9 Å². The number of rotatable bonds is 2. The maximum absolute atomic E-state index is 8.59. The molecular formula is C19H33N3Y. The third kappa shape index (κ3) is 11.2. The SMILES string of the molecule is C.C.C.CC(C)c1cccc(C#N)c1.CC(C)n1cccn1.[Y]. The minimum atomic E-state index is 0. The monoisotopic (exact) mass is 392 g/mol. The molecule has 1 aromatic heterocycles. The molecule has 0 amide bonds. The molecule has 0 aliphatic heterocycles. The van der Waals surface area contributed by atoms with Gasteiger partial charge >= 0.3 is 0 Å². The van der Waals surface area contributed by atoms with E-state index in [0.29, 0.717) is 12.0 Å². The normalized spacial score (nSPS) is 8.22. The van der Waals surface area contributed by atoms with E-state index < -0.39 is 0 Å². The van der Waals surface area contributed by atoms with Crippen molar-refractivity contribution in [2.75, 3.05) is 0 Å². The van der Waals surface area contributed by atoms with Crippen LogP contribution >= 0.6 is 0 Å². The van der Waals surface area contributed by atoms with Gasteiger partial charge in [0.25, 0.3) is 0 Å². The number of benzene rings is 1. The Kier molecular flexibility index (Phi) is 20.7. The molecule has 127 valence electrons. The quantitative estimate of drug-likeness (QED) is 0.624. The van der Waals surface area contributed by atoms with Gasteiger partial charge in [-0.15, -0.1) is 0 Å². The molecule has 1 radical (unpaired) electrons. The molecule has 0 saturated heterocycles. The van der Waals surface area contributed by atoms with E-state index in [4.69, 9.17) is 5.26 Å².